The van der Waals surface area contributed by atoms with E-state index in [1.54, 1.807) is 16.5 Å². The molecular formula is C27H25FN4O. The Morgan fingerprint density at radius 1 is 1.18 bits per heavy atom. The maximum absolute atomic E-state index is 14.6. The van der Waals surface area contributed by atoms with Crippen LogP contribution < -0.4 is 10.6 Å². The van der Waals surface area contributed by atoms with Crippen LogP contribution in [0.25, 0.3) is 11.3 Å². The molecule has 0 bridgehead atoms. The summed E-state index contributed by atoms with van der Waals surface area (Å²) in [5.41, 5.74) is 6.10. The average Bonchev–Trinajstić information content (AvgIpc) is 3.35. The monoisotopic (exact) mass is 440 g/mol. The van der Waals surface area contributed by atoms with E-state index in [-0.39, 0.29) is 11.7 Å². The van der Waals surface area contributed by atoms with E-state index in [2.05, 4.69) is 47.3 Å². The summed E-state index contributed by atoms with van der Waals surface area (Å²) in [5, 5.41) is 6.21. The lowest BCUT2D eigenvalue weighted by atomic mass is 10.0. The zero-order chi connectivity index (χ0) is 23.1. The largest absolute Gasteiger partial charge is 0.378 e. The molecule has 166 valence electrons. The predicted octanol–water partition coefficient (Wildman–Crippen LogP) is 5.53. The minimum atomic E-state index is -0.510. The highest BCUT2D eigenvalue weighted by molar-refractivity contribution is 6.03. The summed E-state index contributed by atoms with van der Waals surface area (Å²) in [6.07, 6.45) is 4.33. The summed E-state index contributed by atoms with van der Waals surface area (Å²) < 4.78 is 16.3. The number of carbonyl (C=O) groups excluding carboxylic acids is 1. The third-order valence-corrected chi connectivity index (χ3v) is 6.28. The Balaban J connectivity index is 1.37. The number of hydrogen-bond donors (Lipinski definition) is 2. The number of anilines is 1. The zero-order valence-corrected chi connectivity index (χ0v) is 18.6. The van der Waals surface area contributed by atoms with Crippen LogP contribution in [0.3, 0.4) is 0 Å². The van der Waals surface area contributed by atoms with Crippen molar-refractivity contribution in [3.05, 3.63) is 107 Å². The number of aryl methyl sites for hydroxylation is 1. The van der Waals surface area contributed by atoms with Crippen molar-refractivity contribution in [3.8, 4) is 0 Å². The molecule has 2 aromatic heterocycles. The number of nitrogens with zero attached hydrogens (tertiary/aromatic N) is 2. The smallest absolute Gasteiger partial charge is 0.274 e. The lowest BCUT2D eigenvalue weighted by Gasteiger charge is -2.22. The second-order valence-electron chi connectivity index (χ2n) is 8.71. The van der Waals surface area contributed by atoms with Gasteiger partial charge in [-0.05, 0) is 65.8 Å². The highest BCUT2D eigenvalue weighted by atomic mass is 19.1. The van der Waals surface area contributed by atoms with Crippen LogP contribution in [0.15, 0.2) is 73.6 Å². The molecule has 2 atom stereocenters. The van der Waals surface area contributed by atoms with Crippen LogP contribution in [-0.2, 0) is 6.42 Å². The molecule has 2 N–H and O–H groups in total. The first-order chi connectivity index (χ1) is 15.9. The van der Waals surface area contributed by atoms with E-state index in [4.69, 9.17) is 0 Å². The van der Waals surface area contributed by atoms with Gasteiger partial charge in [0.25, 0.3) is 5.91 Å². The number of amides is 1. The van der Waals surface area contributed by atoms with Crippen molar-refractivity contribution in [3.63, 3.8) is 0 Å². The average molecular weight is 441 g/mol. The molecule has 0 fully saturated rings. The number of fused-ring (bicyclic) bond motifs is 2. The molecule has 5 rings (SSSR count). The number of rotatable bonds is 5. The van der Waals surface area contributed by atoms with Gasteiger partial charge in [-0.3, -0.25) is 9.20 Å². The Morgan fingerprint density at radius 2 is 2.00 bits per heavy atom. The van der Waals surface area contributed by atoms with Crippen LogP contribution in [0.4, 0.5) is 10.1 Å². The van der Waals surface area contributed by atoms with E-state index in [9.17, 15) is 9.18 Å². The maximum Gasteiger partial charge on any atom is 0.274 e. The molecule has 0 spiro atoms. The topological polar surface area (TPSA) is 58.4 Å². The van der Waals surface area contributed by atoms with E-state index >= 15 is 0 Å². The zero-order valence-electron chi connectivity index (χ0n) is 18.6. The molecule has 0 aliphatic heterocycles. The predicted molar refractivity (Wildman–Crippen MR) is 129 cm³/mol. The molecule has 1 amide bonds. The first kappa shape index (κ1) is 20.9. The van der Waals surface area contributed by atoms with Gasteiger partial charge in [0.2, 0.25) is 0 Å². The normalized spacial score (nSPS) is 17.1. The Bertz CT molecular complexity index is 1390. The Kier molecular flexibility index (Phi) is 5.21. The fraction of sp³-hybridized carbons (Fsp3) is 0.185. The lowest BCUT2D eigenvalue weighted by molar-refractivity contribution is 0.102. The van der Waals surface area contributed by atoms with Crippen LogP contribution in [-0.4, -0.2) is 15.3 Å². The fourth-order valence-corrected chi connectivity index (χ4v) is 4.54. The Morgan fingerprint density at radius 3 is 2.85 bits per heavy atom. The summed E-state index contributed by atoms with van der Waals surface area (Å²) in [6.45, 7) is 8.33. The number of nitrogens with one attached hydrogen (secondary N) is 2. The number of carbonyl (C=O) groups is 1. The first-order valence-electron chi connectivity index (χ1n) is 11.0. The Hall–Kier alpha value is -3.93. The molecule has 0 saturated carbocycles. The van der Waals surface area contributed by atoms with Crippen molar-refractivity contribution in [1.29, 1.82) is 0 Å². The van der Waals surface area contributed by atoms with E-state index in [0.717, 1.165) is 17.5 Å². The maximum atomic E-state index is 14.6. The molecule has 33 heavy (non-hydrogen) atoms. The van der Waals surface area contributed by atoms with Crippen LogP contribution in [0.5, 0.6) is 0 Å². The molecule has 2 heterocycles. The van der Waals surface area contributed by atoms with Gasteiger partial charge in [-0.2, -0.15) is 0 Å². The Labute approximate surface area is 192 Å². The molecule has 2 aromatic carbocycles. The molecule has 1 aliphatic carbocycles. The molecule has 1 unspecified atom stereocenters. The molecule has 1 aliphatic rings. The van der Waals surface area contributed by atoms with Crippen LogP contribution in [0.2, 0.25) is 0 Å². The molecule has 5 nitrogen and oxygen atoms in total. The number of hydrogen-bond acceptors (Lipinski definition) is 3. The first-order valence-corrected chi connectivity index (χ1v) is 11.0. The minimum absolute atomic E-state index is 0.0999. The molecule has 0 radical (unpaired) electrons. The number of pyridine rings is 1. The van der Waals surface area contributed by atoms with Crippen LogP contribution >= 0.6 is 0 Å². The third kappa shape index (κ3) is 3.89. The summed E-state index contributed by atoms with van der Waals surface area (Å²) in [5.74, 6) is -0.525. The number of aromatic nitrogens is 2. The highest BCUT2D eigenvalue weighted by Gasteiger charge is 2.29. The van der Waals surface area contributed by atoms with Gasteiger partial charge < -0.3 is 10.6 Å². The number of benzene rings is 2. The van der Waals surface area contributed by atoms with Crippen LogP contribution in [0, 0.1) is 18.7 Å². The van der Waals surface area contributed by atoms with Gasteiger partial charge in [-0.15, -0.1) is 0 Å². The number of halogens is 1. The lowest BCUT2D eigenvalue weighted by Crippen LogP contribution is -2.22. The van der Waals surface area contributed by atoms with E-state index in [0.29, 0.717) is 23.0 Å². The van der Waals surface area contributed by atoms with Crippen molar-refractivity contribution in [2.45, 2.75) is 26.3 Å². The fourth-order valence-electron chi connectivity index (χ4n) is 4.54. The van der Waals surface area contributed by atoms with E-state index < -0.39 is 11.7 Å². The second kappa shape index (κ2) is 8.20. The van der Waals surface area contributed by atoms with Crippen molar-refractivity contribution < 1.29 is 9.18 Å². The van der Waals surface area contributed by atoms with Crippen molar-refractivity contribution in [2.24, 2.45) is 5.92 Å². The highest BCUT2D eigenvalue weighted by Crippen LogP contribution is 2.37. The van der Waals surface area contributed by atoms with Gasteiger partial charge in [0.15, 0.2) is 0 Å². The summed E-state index contributed by atoms with van der Waals surface area (Å²) in [7, 11) is 0. The van der Waals surface area contributed by atoms with Crippen molar-refractivity contribution >= 4 is 22.9 Å². The minimum Gasteiger partial charge on any atom is -0.378 e. The van der Waals surface area contributed by atoms with Gasteiger partial charge in [-0.1, -0.05) is 43.8 Å². The summed E-state index contributed by atoms with van der Waals surface area (Å²) >= 11 is 0. The van der Waals surface area contributed by atoms with Crippen molar-refractivity contribution in [1.82, 2.24) is 14.7 Å². The molecule has 6 heteroatoms. The quantitative estimate of drug-likeness (QED) is 0.429. The third-order valence-electron chi connectivity index (χ3n) is 6.28. The SMILES string of the molecule is C=C(N[C@H]1c2ccccc2CC1C)c1ccc(F)c(NC(=O)c2cnc3ccc(C)cn23)c1. The molecular weight excluding hydrogens is 415 g/mol. The molecule has 4 aromatic rings. The van der Waals surface area contributed by atoms with Gasteiger partial charge in [0.1, 0.15) is 17.2 Å². The molecule has 0 saturated heterocycles. The van der Waals surface area contributed by atoms with Gasteiger partial charge in [0, 0.05) is 11.9 Å². The summed E-state index contributed by atoms with van der Waals surface area (Å²) in [4.78, 5) is 17.2. The van der Waals surface area contributed by atoms with E-state index in [1.165, 1.54) is 23.4 Å². The van der Waals surface area contributed by atoms with Crippen molar-refractivity contribution in [2.75, 3.05) is 5.32 Å². The van der Waals surface area contributed by atoms with Gasteiger partial charge >= 0.3 is 0 Å². The standard InChI is InChI=1S/C27H25FN4O/c1-16-8-11-25-29-14-24(32(25)15-16)27(33)31-23-13-19(9-10-22(23)28)18(3)30-26-17(2)12-20-6-4-5-7-21(20)26/h4-11,13-15,17,26,30H,3,12H2,1-2H3,(H,31,33)/t17?,26-/m1/s1. The summed E-state index contributed by atoms with van der Waals surface area (Å²) in [6, 6.07) is 16.9. The van der Waals surface area contributed by atoms with Gasteiger partial charge in [-0.25, -0.2) is 9.37 Å². The second-order valence-corrected chi connectivity index (χ2v) is 8.71. The van der Waals surface area contributed by atoms with Gasteiger partial charge in [0.05, 0.1) is 17.9 Å². The van der Waals surface area contributed by atoms with Crippen LogP contribution in [0.1, 0.15) is 45.7 Å². The number of imidazole rings is 1. The van der Waals surface area contributed by atoms with E-state index in [1.807, 2.05) is 31.3 Å².